The number of rotatable bonds is 5. The van der Waals surface area contributed by atoms with Gasteiger partial charge in [-0.2, -0.15) is 0 Å². The first-order valence-electron chi connectivity index (χ1n) is 8.00. The van der Waals surface area contributed by atoms with E-state index in [-0.39, 0.29) is 28.0 Å². The van der Waals surface area contributed by atoms with Crippen molar-refractivity contribution in [2.45, 2.75) is 6.92 Å². The fraction of sp³-hybridized carbons (Fsp3) is 0.0556. The molecule has 0 amide bonds. The van der Waals surface area contributed by atoms with Crippen LogP contribution in [0.2, 0.25) is 5.02 Å². The van der Waals surface area contributed by atoms with Crippen molar-refractivity contribution in [1.29, 1.82) is 0 Å². The standard InChI is InChI=1S/C18H11ClN4O4S/c1-10(24)12-4-7-16(15(8-12)23(25)26)27-18-21-22-9-14(20-17(22)28-18)11-2-5-13(19)6-3-11/h2-9H,1H3. The van der Waals surface area contributed by atoms with Crippen molar-refractivity contribution >= 4 is 39.4 Å². The highest BCUT2D eigenvalue weighted by Crippen LogP contribution is 2.35. The van der Waals surface area contributed by atoms with E-state index in [1.54, 1.807) is 22.8 Å². The number of ketones is 1. The first-order chi connectivity index (χ1) is 13.4. The van der Waals surface area contributed by atoms with E-state index in [1.807, 2.05) is 12.1 Å². The van der Waals surface area contributed by atoms with Gasteiger partial charge in [-0.3, -0.25) is 14.9 Å². The molecule has 0 unspecified atom stereocenters. The molecule has 0 saturated heterocycles. The van der Waals surface area contributed by atoms with Crippen molar-refractivity contribution in [1.82, 2.24) is 14.6 Å². The number of nitro benzene ring substituents is 1. The minimum Gasteiger partial charge on any atom is -0.422 e. The second-order valence-corrected chi connectivity index (χ2v) is 7.18. The maximum atomic E-state index is 11.4. The van der Waals surface area contributed by atoms with Crippen LogP contribution in [0.25, 0.3) is 16.2 Å². The number of nitrogens with zero attached hydrogens (tertiary/aromatic N) is 4. The minimum absolute atomic E-state index is 0.00456. The van der Waals surface area contributed by atoms with E-state index in [1.165, 1.54) is 25.1 Å². The lowest BCUT2D eigenvalue weighted by atomic mass is 10.1. The summed E-state index contributed by atoms with van der Waals surface area (Å²) in [5.74, 6) is -0.262. The minimum atomic E-state index is -0.598. The van der Waals surface area contributed by atoms with Crippen LogP contribution in [-0.2, 0) is 0 Å². The summed E-state index contributed by atoms with van der Waals surface area (Å²) in [5, 5.41) is 16.4. The zero-order valence-electron chi connectivity index (χ0n) is 14.3. The molecule has 0 aliphatic heterocycles. The summed E-state index contributed by atoms with van der Waals surface area (Å²) in [6.45, 7) is 1.34. The molecule has 0 bridgehead atoms. The Morgan fingerprint density at radius 2 is 2.00 bits per heavy atom. The number of Topliss-reactive ketones (excluding diaryl/α,β-unsaturated/α-hetero) is 1. The average Bonchev–Trinajstić information content (AvgIpc) is 3.20. The van der Waals surface area contributed by atoms with Gasteiger partial charge >= 0.3 is 5.69 Å². The Kier molecular flexibility index (Phi) is 4.54. The molecule has 4 rings (SSSR count). The lowest BCUT2D eigenvalue weighted by Gasteiger charge is -2.03. The van der Waals surface area contributed by atoms with E-state index in [2.05, 4.69) is 10.1 Å². The zero-order valence-corrected chi connectivity index (χ0v) is 15.9. The molecule has 0 fully saturated rings. The smallest absolute Gasteiger partial charge is 0.312 e. The molecule has 0 atom stereocenters. The number of carbonyl (C=O) groups excluding carboxylic acids is 1. The van der Waals surface area contributed by atoms with Gasteiger partial charge in [-0.25, -0.2) is 9.50 Å². The second-order valence-electron chi connectivity index (χ2n) is 5.83. The number of hydrogen-bond acceptors (Lipinski definition) is 7. The number of ether oxygens (including phenoxy) is 1. The summed E-state index contributed by atoms with van der Waals surface area (Å²) in [5.41, 5.74) is 1.54. The molecular weight excluding hydrogens is 404 g/mol. The number of imidazole rings is 1. The molecule has 0 aliphatic carbocycles. The largest absolute Gasteiger partial charge is 0.422 e. The SMILES string of the molecule is CC(=O)c1ccc(Oc2nn3cc(-c4ccc(Cl)cc4)nc3s2)c([N+](=O)[O-])c1. The molecule has 0 spiro atoms. The first-order valence-corrected chi connectivity index (χ1v) is 9.19. The van der Waals surface area contributed by atoms with Crippen LogP contribution in [0.15, 0.2) is 48.7 Å². The Morgan fingerprint density at radius 3 is 2.64 bits per heavy atom. The van der Waals surface area contributed by atoms with Gasteiger partial charge in [0.15, 0.2) is 5.78 Å². The predicted molar refractivity (Wildman–Crippen MR) is 104 cm³/mol. The number of benzene rings is 2. The van der Waals surface area contributed by atoms with Gasteiger partial charge in [0, 0.05) is 22.2 Å². The fourth-order valence-electron chi connectivity index (χ4n) is 2.54. The lowest BCUT2D eigenvalue weighted by molar-refractivity contribution is -0.385. The predicted octanol–water partition coefficient (Wildman–Crippen LogP) is 5.01. The summed E-state index contributed by atoms with van der Waals surface area (Å²) < 4.78 is 7.13. The number of carbonyl (C=O) groups is 1. The van der Waals surface area contributed by atoms with Gasteiger partial charge in [-0.15, -0.1) is 5.10 Å². The molecule has 4 aromatic rings. The highest BCUT2D eigenvalue weighted by molar-refractivity contribution is 7.18. The third-order valence-electron chi connectivity index (χ3n) is 3.92. The van der Waals surface area contributed by atoms with Crippen LogP contribution in [0, 0.1) is 10.1 Å². The molecule has 0 aliphatic rings. The summed E-state index contributed by atoms with van der Waals surface area (Å²) in [7, 11) is 0. The Labute approximate surface area is 167 Å². The second kappa shape index (κ2) is 7.02. The summed E-state index contributed by atoms with van der Waals surface area (Å²) in [6.07, 6.45) is 1.73. The van der Waals surface area contributed by atoms with Crippen LogP contribution >= 0.6 is 22.9 Å². The molecule has 2 heterocycles. The molecule has 0 saturated carbocycles. The van der Waals surface area contributed by atoms with E-state index in [0.29, 0.717) is 9.98 Å². The number of hydrogen-bond donors (Lipinski definition) is 0. The Hall–Kier alpha value is -3.30. The summed E-state index contributed by atoms with van der Waals surface area (Å²) >= 11 is 7.04. The van der Waals surface area contributed by atoms with E-state index in [0.717, 1.165) is 22.6 Å². The van der Waals surface area contributed by atoms with Gasteiger partial charge in [0.2, 0.25) is 10.7 Å². The van der Waals surface area contributed by atoms with Crippen molar-refractivity contribution in [2.24, 2.45) is 0 Å². The number of aromatic nitrogens is 3. The maximum Gasteiger partial charge on any atom is 0.312 e. The topological polar surface area (TPSA) is 99.6 Å². The molecule has 140 valence electrons. The normalized spacial score (nSPS) is 10.9. The van der Waals surface area contributed by atoms with Gasteiger partial charge in [0.05, 0.1) is 16.8 Å². The average molecular weight is 415 g/mol. The van der Waals surface area contributed by atoms with E-state index in [4.69, 9.17) is 16.3 Å². The molecule has 28 heavy (non-hydrogen) atoms. The number of halogens is 1. The van der Waals surface area contributed by atoms with Crippen LogP contribution in [0.4, 0.5) is 5.69 Å². The van der Waals surface area contributed by atoms with Gasteiger partial charge in [0.1, 0.15) is 0 Å². The molecular formula is C18H11ClN4O4S. The highest BCUT2D eigenvalue weighted by Gasteiger charge is 2.20. The van der Waals surface area contributed by atoms with E-state index in [9.17, 15) is 14.9 Å². The van der Waals surface area contributed by atoms with E-state index >= 15 is 0 Å². The van der Waals surface area contributed by atoms with Crippen molar-refractivity contribution in [3.63, 3.8) is 0 Å². The Morgan fingerprint density at radius 1 is 1.25 bits per heavy atom. The Balaban J connectivity index is 1.64. The van der Waals surface area contributed by atoms with Gasteiger partial charge < -0.3 is 4.74 Å². The summed E-state index contributed by atoms with van der Waals surface area (Å²) in [6, 6.07) is 11.3. The third kappa shape index (κ3) is 3.45. The maximum absolute atomic E-state index is 11.4. The summed E-state index contributed by atoms with van der Waals surface area (Å²) in [4.78, 5) is 27.2. The quantitative estimate of drug-likeness (QED) is 0.258. The van der Waals surface area contributed by atoms with E-state index < -0.39 is 4.92 Å². The van der Waals surface area contributed by atoms with Crippen molar-refractivity contribution in [3.8, 4) is 22.2 Å². The van der Waals surface area contributed by atoms with Crippen LogP contribution in [-0.4, -0.2) is 25.3 Å². The Bertz CT molecular complexity index is 1180. The molecule has 10 heteroatoms. The third-order valence-corrected chi connectivity index (χ3v) is 4.98. The highest BCUT2D eigenvalue weighted by atomic mass is 35.5. The molecule has 2 aromatic carbocycles. The fourth-order valence-corrected chi connectivity index (χ4v) is 3.42. The van der Waals surface area contributed by atoms with Crippen LogP contribution in [0.1, 0.15) is 17.3 Å². The molecule has 0 radical (unpaired) electrons. The van der Waals surface area contributed by atoms with Crippen LogP contribution < -0.4 is 4.74 Å². The molecule has 2 aromatic heterocycles. The van der Waals surface area contributed by atoms with Gasteiger partial charge in [-0.05, 0) is 42.5 Å². The van der Waals surface area contributed by atoms with Crippen LogP contribution in [0.3, 0.4) is 0 Å². The van der Waals surface area contributed by atoms with Crippen molar-refractivity contribution in [2.75, 3.05) is 0 Å². The zero-order chi connectivity index (χ0) is 19.8. The van der Waals surface area contributed by atoms with Gasteiger partial charge in [0.25, 0.3) is 5.19 Å². The van der Waals surface area contributed by atoms with Crippen molar-refractivity contribution in [3.05, 3.63) is 69.4 Å². The molecule has 0 N–H and O–H groups in total. The molecule has 8 nitrogen and oxygen atoms in total. The number of nitro groups is 1. The van der Waals surface area contributed by atoms with Gasteiger partial charge in [-0.1, -0.05) is 23.7 Å². The lowest BCUT2D eigenvalue weighted by Crippen LogP contribution is -1.98. The number of fused-ring (bicyclic) bond motifs is 1. The van der Waals surface area contributed by atoms with Crippen molar-refractivity contribution < 1.29 is 14.5 Å². The first kappa shape index (κ1) is 18.1. The van der Waals surface area contributed by atoms with Crippen LogP contribution in [0.5, 0.6) is 10.9 Å². The monoisotopic (exact) mass is 414 g/mol.